The molecule has 3 saturated heterocycles. The van der Waals surface area contributed by atoms with Gasteiger partial charge in [0.25, 0.3) is 0 Å². The second-order valence-corrected chi connectivity index (χ2v) is 6.84. The summed E-state index contributed by atoms with van der Waals surface area (Å²) in [6.07, 6.45) is 7.07. The van der Waals surface area contributed by atoms with Gasteiger partial charge in [0.2, 0.25) is 0 Å². The second-order valence-electron chi connectivity index (χ2n) is 6.84. The van der Waals surface area contributed by atoms with Gasteiger partial charge >= 0.3 is 0 Å². The van der Waals surface area contributed by atoms with Crippen molar-refractivity contribution >= 4 is 0 Å². The third kappa shape index (κ3) is 3.38. The lowest BCUT2D eigenvalue weighted by molar-refractivity contribution is -0.947. The summed E-state index contributed by atoms with van der Waals surface area (Å²) in [5.41, 5.74) is 1.55. The van der Waals surface area contributed by atoms with Gasteiger partial charge < -0.3 is 16.9 Å². The topological polar surface area (TPSA) is 0 Å². The summed E-state index contributed by atoms with van der Waals surface area (Å²) in [6, 6.07) is 11.1. The van der Waals surface area contributed by atoms with Crippen LogP contribution in [0.5, 0.6) is 0 Å². The molecule has 1 nitrogen and oxygen atoms in total. The van der Waals surface area contributed by atoms with Crippen LogP contribution in [0.15, 0.2) is 30.3 Å². The normalized spacial score (nSPS) is 31.9. The van der Waals surface area contributed by atoms with E-state index in [1.165, 1.54) is 62.8 Å². The molecule has 3 fully saturated rings. The van der Waals surface area contributed by atoms with Crippen molar-refractivity contribution in [2.24, 2.45) is 11.8 Å². The van der Waals surface area contributed by atoms with Gasteiger partial charge in [0.05, 0.1) is 26.2 Å². The van der Waals surface area contributed by atoms with Crippen molar-refractivity contribution in [3.63, 3.8) is 0 Å². The first-order valence-corrected chi connectivity index (χ1v) is 8.20. The van der Waals surface area contributed by atoms with Crippen LogP contribution in [0, 0.1) is 11.8 Å². The van der Waals surface area contributed by atoms with Gasteiger partial charge in [-0.2, -0.15) is 0 Å². The zero-order valence-electron chi connectivity index (χ0n) is 12.7. The Bertz CT molecular complexity index is 395. The number of rotatable bonds is 5. The number of unbranched alkanes of at least 4 members (excludes halogenated alkanes) is 1. The Hall–Kier alpha value is -0.530. The molecular formula is C18H28ClN. The van der Waals surface area contributed by atoms with E-state index in [1.807, 2.05) is 0 Å². The summed E-state index contributed by atoms with van der Waals surface area (Å²) in [6.45, 7) is 8.16. The molecule has 3 heterocycles. The molecule has 1 aromatic rings. The highest BCUT2D eigenvalue weighted by molar-refractivity contribution is 5.15. The lowest BCUT2D eigenvalue weighted by Crippen LogP contribution is -3.00. The monoisotopic (exact) mass is 293 g/mol. The summed E-state index contributed by atoms with van der Waals surface area (Å²) in [4.78, 5) is 0. The molecule has 20 heavy (non-hydrogen) atoms. The van der Waals surface area contributed by atoms with E-state index in [-0.39, 0.29) is 12.4 Å². The molecule has 112 valence electrons. The Balaban J connectivity index is 0.00000147. The molecule has 0 radical (unpaired) electrons. The molecule has 0 amide bonds. The Morgan fingerprint density at radius 3 is 2.45 bits per heavy atom. The standard InChI is InChI=1S/C18H28N.ClH/c1-2-3-11-19-12-9-17(10-13-19)18(15-19)14-16-7-5-4-6-8-16;/h4-8,17-18H,2-3,9-15H2,1H3;1H/q+1;/p-1. The van der Waals surface area contributed by atoms with Gasteiger partial charge in [0.15, 0.2) is 0 Å². The minimum Gasteiger partial charge on any atom is -1.00 e. The molecule has 0 N–H and O–H groups in total. The summed E-state index contributed by atoms with van der Waals surface area (Å²) in [7, 11) is 0. The van der Waals surface area contributed by atoms with Crippen molar-refractivity contribution in [2.45, 2.75) is 39.0 Å². The first-order chi connectivity index (χ1) is 9.31. The number of fused-ring (bicyclic) bond motifs is 3. The highest BCUT2D eigenvalue weighted by Gasteiger charge is 2.44. The number of hydrogen-bond donors (Lipinski definition) is 0. The largest absolute Gasteiger partial charge is 1.00 e. The van der Waals surface area contributed by atoms with Crippen molar-refractivity contribution < 1.29 is 16.9 Å². The zero-order chi connectivity index (χ0) is 13.1. The van der Waals surface area contributed by atoms with Crippen LogP contribution in [0.3, 0.4) is 0 Å². The minimum atomic E-state index is 0. The summed E-state index contributed by atoms with van der Waals surface area (Å²) < 4.78 is 1.45. The molecule has 0 saturated carbocycles. The Morgan fingerprint density at radius 2 is 1.80 bits per heavy atom. The molecule has 0 aromatic heterocycles. The van der Waals surface area contributed by atoms with E-state index in [1.54, 1.807) is 5.56 Å². The predicted octanol–water partition coefficient (Wildman–Crippen LogP) is 0.890. The maximum atomic E-state index is 2.33. The highest BCUT2D eigenvalue weighted by atomic mass is 35.5. The van der Waals surface area contributed by atoms with Crippen LogP contribution < -0.4 is 12.4 Å². The molecule has 2 heteroatoms. The molecule has 1 atom stereocenters. The molecule has 1 aromatic carbocycles. The van der Waals surface area contributed by atoms with Crippen molar-refractivity contribution in [3.05, 3.63) is 35.9 Å². The van der Waals surface area contributed by atoms with Gasteiger partial charge in [0.1, 0.15) is 0 Å². The molecular weight excluding hydrogens is 266 g/mol. The van der Waals surface area contributed by atoms with E-state index >= 15 is 0 Å². The molecule has 0 spiro atoms. The van der Waals surface area contributed by atoms with Crippen LogP contribution in [0.1, 0.15) is 38.2 Å². The highest BCUT2D eigenvalue weighted by Crippen LogP contribution is 2.39. The lowest BCUT2D eigenvalue weighted by Gasteiger charge is -2.53. The van der Waals surface area contributed by atoms with Gasteiger partial charge in [-0.3, -0.25) is 0 Å². The summed E-state index contributed by atoms with van der Waals surface area (Å²) in [5.74, 6) is 1.96. The van der Waals surface area contributed by atoms with Crippen LogP contribution in [0.25, 0.3) is 0 Å². The Labute approximate surface area is 130 Å². The number of nitrogens with zero attached hydrogens (tertiary/aromatic N) is 1. The zero-order valence-corrected chi connectivity index (χ0v) is 13.5. The molecule has 0 aliphatic carbocycles. The van der Waals surface area contributed by atoms with E-state index in [0.717, 1.165) is 11.8 Å². The maximum Gasteiger partial charge on any atom is 0.0821 e. The van der Waals surface area contributed by atoms with Gasteiger partial charge in [-0.15, -0.1) is 0 Å². The minimum absolute atomic E-state index is 0. The Morgan fingerprint density at radius 1 is 1.10 bits per heavy atom. The van der Waals surface area contributed by atoms with E-state index in [0.29, 0.717) is 0 Å². The number of hydrogen-bond acceptors (Lipinski definition) is 0. The maximum absolute atomic E-state index is 2.33. The first-order valence-electron chi connectivity index (χ1n) is 8.20. The quantitative estimate of drug-likeness (QED) is 0.708. The van der Waals surface area contributed by atoms with Crippen molar-refractivity contribution in [1.29, 1.82) is 0 Å². The molecule has 1 unspecified atom stereocenters. The van der Waals surface area contributed by atoms with Crippen molar-refractivity contribution in [1.82, 2.24) is 0 Å². The number of halogens is 1. The fourth-order valence-electron chi connectivity index (χ4n) is 4.39. The summed E-state index contributed by atoms with van der Waals surface area (Å²) >= 11 is 0. The van der Waals surface area contributed by atoms with Crippen LogP contribution in [-0.4, -0.2) is 30.7 Å². The molecule has 3 aliphatic heterocycles. The SMILES string of the molecule is CCCC[N+]12CCC(CC1)C(Cc1ccccc1)C2.[Cl-]. The molecule has 2 bridgehead atoms. The fourth-order valence-corrected chi connectivity index (χ4v) is 4.39. The number of benzene rings is 1. The molecule has 3 aliphatic rings. The average Bonchev–Trinajstić information content (AvgIpc) is 2.47. The van der Waals surface area contributed by atoms with Crippen LogP contribution in [0.4, 0.5) is 0 Å². The van der Waals surface area contributed by atoms with Crippen molar-refractivity contribution in [2.75, 3.05) is 26.2 Å². The first kappa shape index (κ1) is 15.9. The average molecular weight is 294 g/mol. The van der Waals surface area contributed by atoms with Crippen LogP contribution in [0.2, 0.25) is 0 Å². The van der Waals surface area contributed by atoms with E-state index in [4.69, 9.17) is 0 Å². The second kappa shape index (κ2) is 6.95. The van der Waals surface area contributed by atoms with E-state index < -0.39 is 0 Å². The smallest absolute Gasteiger partial charge is 0.0821 e. The number of piperidine rings is 3. The third-order valence-corrected chi connectivity index (χ3v) is 5.56. The van der Waals surface area contributed by atoms with Gasteiger partial charge in [-0.25, -0.2) is 0 Å². The fraction of sp³-hybridized carbons (Fsp3) is 0.667. The molecule has 4 rings (SSSR count). The van der Waals surface area contributed by atoms with E-state index in [9.17, 15) is 0 Å². The Kier molecular flexibility index (Phi) is 5.51. The van der Waals surface area contributed by atoms with Crippen molar-refractivity contribution in [3.8, 4) is 0 Å². The van der Waals surface area contributed by atoms with Crippen LogP contribution >= 0.6 is 0 Å². The van der Waals surface area contributed by atoms with Gasteiger partial charge in [-0.05, 0) is 24.3 Å². The lowest BCUT2D eigenvalue weighted by atomic mass is 9.74. The third-order valence-electron chi connectivity index (χ3n) is 5.56. The number of quaternary nitrogens is 1. The van der Waals surface area contributed by atoms with Gasteiger partial charge in [-0.1, -0.05) is 43.7 Å². The van der Waals surface area contributed by atoms with Gasteiger partial charge in [0, 0.05) is 18.8 Å². The summed E-state index contributed by atoms with van der Waals surface area (Å²) in [5, 5.41) is 0. The predicted molar refractivity (Wildman–Crippen MR) is 81.0 cm³/mol. The van der Waals surface area contributed by atoms with Crippen LogP contribution in [-0.2, 0) is 6.42 Å². The van der Waals surface area contributed by atoms with E-state index in [2.05, 4.69) is 37.3 Å².